The van der Waals surface area contributed by atoms with E-state index in [1.807, 2.05) is 0 Å². The van der Waals surface area contributed by atoms with Crippen LogP contribution >= 0.6 is 0 Å². The highest BCUT2D eigenvalue weighted by Gasteiger charge is 2.19. The normalized spacial score (nSPS) is 14.0. The highest BCUT2D eigenvalue weighted by Crippen LogP contribution is 2.43. The van der Waals surface area contributed by atoms with Crippen LogP contribution in [0.1, 0.15) is 36.1 Å². The van der Waals surface area contributed by atoms with Gasteiger partial charge in [0.2, 0.25) is 0 Å². The molecule has 0 saturated heterocycles. The molecule has 0 fully saturated rings. The Kier molecular flexibility index (Phi) is 1.79. The molecule has 0 amide bonds. The number of benzene rings is 2. The fraction of sp³-hybridized carbons (Fsp3) is 0.250. The van der Waals surface area contributed by atoms with Gasteiger partial charge in [-0.15, -0.1) is 0 Å². The molecule has 0 nitrogen and oxygen atoms in total. The second-order valence-electron chi connectivity index (χ2n) is 4.86. The van der Waals surface area contributed by atoms with Crippen LogP contribution in [0.4, 0.5) is 0 Å². The van der Waals surface area contributed by atoms with Gasteiger partial charge in [-0.05, 0) is 71.9 Å². The molecule has 0 aliphatic heterocycles. The summed E-state index contributed by atoms with van der Waals surface area (Å²) in [4.78, 5) is 0. The smallest absolute Gasteiger partial charge is 0.00280 e. The van der Waals surface area contributed by atoms with Gasteiger partial charge in [-0.1, -0.05) is 24.3 Å². The van der Waals surface area contributed by atoms with Crippen LogP contribution in [0.5, 0.6) is 0 Å². The Balaban J connectivity index is 2.61. The topological polar surface area (TPSA) is 0 Å². The fourth-order valence-electron chi connectivity index (χ4n) is 2.90. The summed E-state index contributed by atoms with van der Waals surface area (Å²) < 4.78 is 0. The second kappa shape index (κ2) is 2.98. The van der Waals surface area contributed by atoms with E-state index < -0.39 is 0 Å². The summed E-state index contributed by atoms with van der Waals surface area (Å²) in [5, 5.41) is 2.92. The molecule has 3 rings (SSSR count). The summed E-state index contributed by atoms with van der Waals surface area (Å²) in [5.74, 6) is 0. The molecule has 16 heavy (non-hydrogen) atoms. The molecule has 2 aromatic carbocycles. The Morgan fingerprint density at radius 2 is 1.00 bits per heavy atom. The summed E-state index contributed by atoms with van der Waals surface area (Å²) in [6.45, 7) is 8.88. The number of rotatable bonds is 0. The van der Waals surface area contributed by atoms with E-state index >= 15 is 0 Å². The first kappa shape index (κ1) is 9.65. The number of allylic oxidation sites excluding steroid dienone is 2. The minimum absolute atomic E-state index is 1.39. The molecule has 0 spiro atoms. The van der Waals surface area contributed by atoms with Crippen LogP contribution in [0.25, 0.3) is 21.9 Å². The minimum Gasteiger partial charge on any atom is -0.0581 e. The van der Waals surface area contributed by atoms with Crippen molar-refractivity contribution in [3.63, 3.8) is 0 Å². The van der Waals surface area contributed by atoms with Gasteiger partial charge in [0.05, 0.1) is 0 Å². The Labute approximate surface area is 96.6 Å². The van der Waals surface area contributed by atoms with Gasteiger partial charge < -0.3 is 0 Å². The van der Waals surface area contributed by atoms with Gasteiger partial charge in [0.25, 0.3) is 0 Å². The number of aryl methyl sites for hydroxylation is 2. The van der Waals surface area contributed by atoms with E-state index in [4.69, 9.17) is 0 Å². The lowest BCUT2D eigenvalue weighted by Gasteiger charge is -2.09. The highest BCUT2D eigenvalue weighted by atomic mass is 14.2. The van der Waals surface area contributed by atoms with Crippen molar-refractivity contribution in [3.05, 3.63) is 46.5 Å². The maximum Gasteiger partial charge on any atom is -0.00280 e. The van der Waals surface area contributed by atoms with E-state index in [0.717, 1.165) is 0 Å². The molecule has 1 aliphatic carbocycles. The van der Waals surface area contributed by atoms with Crippen LogP contribution in [0.15, 0.2) is 24.3 Å². The maximum atomic E-state index is 2.27. The molecule has 0 radical (unpaired) electrons. The van der Waals surface area contributed by atoms with Gasteiger partial charge in [0.1, 0.15) is 0 Å². The first-order chi connectivity index (χ1) is 7.61. The molecule has 0 heterocycles. The second-order valence-corrected chi connectivity index (χ2v) is 4.86. The molecule has 2 aromatic rings. The summed E-state index contributed by atoms with van der Waals surface area (Å²) in [6, 6.07) is 9.03. The van der Waals surface area contributed by atoms with Crippen molar-refractivity contribution in [2.24, 2.45) is 0 Å². The molecule has 0 unspecified atom stereocenters. The Morgan fingerprint density at radius 1 is 0.562 bits per heavy atom. The number of hydrogen-bond acceptors (Lipinski definition) is 0. The van der Waals surface area contributed by atoms with Crippen LogP contribution in [0, 0.1) is 13.8 Å². The van der Waals surface area contributed by atoms with E-state index in [2.05, 4.69) is 52.0 Å². The van der Waals surface area contributed by atoms with Gasteiger partial charge in [-0.3, -0.25) is 0 Å². The Morgan fingerprint density at radius 3 is 1.44 bits per heavy atom. The van der Waals surface area contributed by atoms with E-state index in [1.54, 1.807) is 0 Å². The van der Waals surface area contributed by atoms with Crippen LogP contribution in [0.2, 0.25) is 0 Å². The van der Waals surface area contributed by atoms with Crippen LogP contribution in [-0.2, 0) is 0 Å². The van der Waals surface area contributed by atoms with E-state index in [9.17, 15) is 0 Å². The lowest BCUT2D eigenvalue weighted by Crippen LogP contribution is -1.87. The molecule has 80 valence electrons. The van der Waals surface area contributed by atoms with Gasteiger partial charge >= 0.3 is 0 Å². The van der Waals surface area contributed by atoms with Crippen molar-refractivity contribution in [2.75, 3.05) is 0 Å². The lowest BCUT2D eigenvalue weighted by molar-refractivity contribution is 1.45. The van der Waals surface area contributed by atoms with Crippen molar-refractivity contribution >= 4 is 21.9 Å². The zero-order valence-corrected chi connectivity index (χ0v) is 10.3. The van der Waals surface area contributed by atoms with E-state index in [0.29, 0.717) is 0 Å². The fourth-order valence-corrected chi connectivity index (χ4v) is 2.90. The van der Waals surface area contributed by atoms with Crippen molar-refractivity contribution in [1.29, 1.82) is 0 Å². The largest absolute Gasteiger partial charge is 0.0581 e. The molecule has 1 aliphatic rings. The molecule has 0 saturated carbocycles. The molecule has 0 atom stereocenters. The highest BCUT2D eigenvalue weighted by molar-refractivity contribution is 6.14. The van der Waals surface area contributed by atoms with Crippen LogP contribution in [-0.4, -0.2) is 0 Å². The van der Waals surface area contributed by atoms with Gasteiger partial charge in [-0.25, -0.2) is 0 Å². The summed E-state index contributed by atoms with van der Waals surface area (Å²) in [5.41, 5.74) is 8.51. The Bertz CT molecular complexity index is 590. The average Bonchev–Trinajstić information content (AvgIpc) is 2.50. The molecule has 0 aromatic heterocycles. The van der Waals surface area contributed by atoms with E-state index in [-0.39, 0.29) is 0 Å². The van der Waals surface area contributed by atoms with Gasteiger partial charge in [0.15, 0.2) is 0 Å². The van der Waals surface area contributed by atoms with Crippen molar-refractivity contribution < 1.29 is 0 Å². The average molecular weight is 208 g/mol. The van der Waals surface area contributed by atoms with Crippen molar-refractivity contribution in [2.45, 2.75) is 27.7 Å². The lowest BCUT2D eigenvalue weighted by atomic mass is 9.95. The van der Waals surface area contributed by atoms with E-state index in [1.165, 1.54) is 44.2 Å². The zero-order chi connectivity index (χ0) is 11.4. The zero-order valence-electron chi connectivity index (χ0n) is 10.3. The predicted molar refractivity (Wildman–Crippen MR) is 71.6 cm³/mol. The third-order valence-corrected chi connectivity index (χ3v) is 3.95. The quantitative estimate of drug-likeness (QED) is 0.587. The third kappa shape index (κ3) is 0.996. The molecule has 0 heteroatoms. The predicted octanol–water partition coefficient (Wildman–Crippen LogP) is 4.72. The summed E-state index contributed by atoms with van der Waals surface area (Å²) >= 11 is 0. The number of hydrogen-bond donors (Lipinski definition) is 0. The molecular weight excluding hydrogens is 192 g/mol. The molecular formula is C16H16. The third-order valence-electron chi connectivity index (χ3n) is 3.95. The molecule has 0 bridgehead atoms. The molecule has 0 N–H and O–H groups in total. The van der Waals surface area contributed by atoms with Crippen LogP contribution in [0.3, 0.4) is 0 Å². The first-order valence-electron chi connectivity index (χ1n) is 5.82. The van der Waals surface area contributed by atoms with Gasteiger partial charge in [0, 0.05) is 0 Å². The Hall–Kier alpha value is -1.56. The SMILES string of the molecule is CC1=C(C)c2ccc(C)c3c(C)ccc1c23. The van der Waals surface area contributed by atoms with Gasteiger partial charge in [-0.2, -0.15) is 0 Å². The van der Waals surface area contributed by atoms with Crippen molar-refractivity contribution in [1.82, 2.24) is 0 Å². The van der Waals surface area contributed by atoms with Crippen LogP contribution < -0.4 is 0 Å². The summed E-state index contributed by atoms with van der Waals surface area (Å²) in [6.07, 6.45) is 0. The standard InChI is InChI=1S/C16H16/c1-9-5-7-13-11(3)12(4)14-8-6-10(2)15(9)16(13)14/h5-8H,1-4H3. The van der Waals surface area contributed by atoms with Crippen molar-refractivity contribution in [3.8, 4) is 0 Å². The maximum absolute atomic E-state index is 2.27. The summed E-state index contributed by atoms with van der Waals surface area (Å²) in [7, 11) is 0. The minimum atomic E-state index is 1.39. The monoisotopic (exact) mass is 208 g/mol. The first-order valence-corrected chi connectivity index (χ1v) is 5.82.